The second kappa shape index (κ2) is 15.7. The molecule has 0 amide bonds. The Morgan fingerprint density at radius 2 is 1.35 bits per heavy atom. The summed E-state index contributed by atoms with van der Waals surface area (Å²) in [6.07, 6.45) is 4.63. The summed E-state index contributed by atoms with van der Waals surface area (Å²) in [6, 6.07) is 7.44. The van der Waals surface area contributed by atoms with E-state index in [2.05, 4.69) is 13.8 Å². The van der Waals surface area contributed by atoms with E-state index in [4.69, 9.17) is 9.84 Å². The van der Waals surface area contributed by atoms with Gasteiger partial charge in [-0.2, -0.15) is 0 Å². The second-order valence-corrected chi connectivity index (χ2v) is 11.1. The van der Waals surface area contributed by atoms with Gasteiger partial charge in [0.25, 0.3) is 0 Å². The molecule has 0 fully saturated rings. The molecule has 0 bridgehead atoms. The molecule has 202 valence electrons. The number of benzene rings is 2. The highest BCUT2D eigenvalue weighted by atomic mass is 32.2. The number of phenols is 1. The third-order valence-electron chi connectivity index (χ3n) is 5.80. The van der Waals surface area contributed by atoms with E-state index in [9.17, 15) is 19.5 Å². The average molecular weight is 547 g/mol. The molecule has 2 N–H and O–H groups in total. The van der Waals surface area contributed by atoms with E-state index in [1.807, 2.05) is 18.2 Å². The third kappa shape index (κ3) is 9.11. The van der Waals surface area contributed by atoms with Gasteiger partial charge >= 0.3 is 5.97 Å². The molecule has 2 aromatic carbocycles. The highest BCUT2D eigenvalue weighted by Crippen LogP contribution is 2.37. The first-order valence-electron chi connectivity index (χ1n) is 12.8. The van der Waals surface area contributed by atoms with Crippen LogP contribution in [-0.4, -0.2) is 45.9 Å². The van der Waals surface area contributed by atoms with Crippen molar-refractivity contribution in [2.75, 3.05) is 18.1 Å². The summed E-state index contributed by atoms with van der Waals surface area (Å²) in [7, 11) is 0. The summed E-state index contributed by atoms with van der Waals surface area (Å²) in [6.45, 7) is 7.38. The number of rotatable bonds is 17. The van der Waals surface area contributed by atoms with E-state index >= 15 is 0 Å². The number of ether oxygens (including phenoxy) is 1. The van der Waals surface area contributed by atoms with Gasteiger partial charge in [0.05, 0.1) is 17.7 Å². The van der Waals surface area contributed by atoms with Crippen molar-refractivity contribution in [3.63, 3.8) is 0 Å². The van der Waals surface area contributed by atoms with E-state index in [-0.39, 0.29) is 30.3 Å². The Labute approximate surface area is 228 Å². The van der Waals surface area contributed by atoms with Crippen molar-refractivity contribution in [1.82, 2.24) is 0 Å². The summed E-state index contributed by atoms with van der Waals surface area (Å²) in [5.74, 6) is 1.38. The highest BCUT2D eigenvalue weighted by Gasteiger charge is 2.18. The summed E-state index contributed by atoms with van der Waals surface area (Å²) < 4.78 is 5.98. The Morgan fingerprint density at radius 3 is 1.89 bits per heavy atom. The number of aliphatic carboxylic acids is 1. The lowest BCUT2D eigenvalue weighted by Crippen LogP contribution is -2.08. The molecule has 0 aliphatic carbocycles. The van der Waals surface area contributed by atoms with E-state index in [0.717, 1.165) is 64.5 Å². The van der Waals surface area contributed by atoms with Crippen LogP contribution in [0.1, 0.15) is 91.6 Å². The van der Waals surface area contributed by atoms with Crippen LogP contribution in [0.5, 0.6) is 11.5 Å². The zero-order valence-electron chi connectivity index (χ0n) is 22.2. The van der Waals surface area contributed by atoms with Crippen molar-refractivity contribution in [3.8, 4) is 11.5 Å². The molecule has 2 rings (SSSR count). The number of carboxylic acids is 1. The largest absolute Gasteiger partial charge is 0.507 e. The molecule has 0 radical (unpaired) electrons. The molecule has 0 unspecified atom stereocenters. The topological polar surface area (TPSA) is 101 Å². The summed E-state index contributed by atoms with van der Waals surface area (Å²) in [4.78, 5) is 37.0. The number of hydrogen-bond donors (Lipinski definition) is 2. The molecule has 0 atom stereocenters. The molecule has 8 heteroatoms. The van der Waals surface area contributed by atoms with Gasteiger partial charge in [0.1, 0.15) is 11.5 Å². The minimum absolute atomic E-state index is 0.0276. The fraction of sp³-hybridized carbons (Fsp3) is 0.483. The maximum Gasteiger partial charge on any atom is 0.303 e. The lowest BCUT2D eigenvalue weighted by molar-refractivity contribution is -0.137. The molecule has 0 aliphatic heterocycles. The van der Waals surface area contributed by atoms with Crippen molar-refractivity contribution < 1.29 is 29.3 Å². The monoisotopic (exact) mass is 546 g/mol. The average Bonchev–Trinajstić information content (AvgIpc) is 2.84. The number of carbonyl (C=O) groups is 3. The maximum atomic E-state index is 12.2. The van der Waals surface area contributed by atoms with Gasteiger partial charge in [0.15, 0.2) is 11.6 Å². The van der Waals surface area contributed by atoms with Crippen molar-refractivity contribution in [2.24, 2.45) is 0 Å². The first-order valence-corrected chi connectivity index (χ1v) is 14.8. The van der Waals surface area contributed by atoms with Gasteiger partial charge in [0, 0.05) is 27.3 Å². The van der Waals surface area contributed by atoms with Crippen molar-refractivity contribution in [3.05, 3.63) is 46.5 Å². The Kier molecular flexibility index (Phi) is 13.1. The fourth-order valence-electron chi connectivity index (χ4n) is 4.02. The zero-order chi connectivity index (χ0) is 27.4. The third-order valence-corrected chi connectivity index (χ3v) is 8.17. The molecule has 0 saturated heterocycles. The van der Waals surface area contributed by atoms with Crippen LogP contribution < -0.4 is 4.74 Å². The van der Waals surface area contributed by atoms with Gasteiger partial charge < -0.3 is 14.9 Å². The summed E-state index contributed by atoms with van der Waals surface area (Å²) in [5.41, 5.74) is 2.78. The predicted molar refractivity (Wildman–Crippen MR) is 151 cm³/mol. The fourth-order valence-corrected chi connectivity index (χ4v) is 6.29. The smallest absolute Gasteiger partial charge is 0.303 e. The quantitative estimate of drug-likeness (QED) is 0.122. The molecule has 0 spiro atoms. The second-order valence-electron chi connectivity index (χ2n) is 8.87. The Hall–Kier alpha value is -2.45. The van der Waals surface area contributed by atoms with Crippen LogP contribution in [0.2, 0.25) is 0 Å². The van der Waals surface area contributed by atoms with Gasteiger partial charge in [-0.15, -0.1) is 23.5 Å². The number of phenolic OH excluding ortho intramolecular Hbond substituents is 1. The standard InChI is InChI=1S/C29H38O6S2/c1-5-9-23-25(14-12-21(19(3)30)28(23)34)36-17-8-18-37-26-15-13-22(20(4)31)29(24(26)10-6-2)35-16-7-11-27(32)33/h12-15,34H,5-11,16-18H2,1-4H3,(H,32,33). The van der Waals surface area contributed by atoms with Gasteiger partial charge in [-0.25, -0.2) is 0 Å². The SMILES string of the molecule is CCCc1c(SCCCSc2ccc(C(C)=O)c(OCCCC(=O)O)c2CCC)ccc(C(C)=O)c1O. The van der Waals surface area contributed by atoms with Crippen molar-refractivity contribution in [1.29, 1.82) is 0 Å². The molecular weight excluding hydrogens is 508 g/mol. The molecule has 6 nitrogen and oxygen atoms in total. The van der Waals surface area contributed by atoms with Crippen LogP contribution in [0.15, 0.2) is 34.1 Å². The number of aromatic hydroxyl groups is 1. The van der Waals surface area contributed by atoms with E-state index in [0.29, 0.717) is 23.3 Å². The zero-order valence-corrected chi connectivity index (χ0v) is 23.9. The minimum Gasteiger partial charge on any atom is -0.507 e. The van der Waals surface area contributed by atoms with E-state index < -0.39 is 5.97 Å². The maximum absolute atomic E-state index is 12.2. The van der Waals surface area contributed by atoms with Crippen LogP contribution in [0.25, 0.3) is 0 Å². The number of hydrogen-bond acceptors (Lipinski definition) is 7. The molecular formula is C29H38O6S2. The Balaban J connectivity index is 2.08. The number of ketones is 2. The van der Waals surface area contributed by atoms with Gasteiger partial charge in [0.2, 0.25) is 0 Å². The molecule has 0 aromatic heterocycles. The van der Waals surface area contributed by atoms with Crippen LogP contribution in [0.4, 0.5) is 0 Å². The Bertz CT molecular complexity index is 1100. The van der Waals surface area contributed by atoms with Crippen molar-refractivity contribution in [2.45, 2.75) is 82.4 Å². The minimum atomic E-state index is -0.863. The predicted octanol–water partition coefficient (Wildman–Crippen LogP) is 7.22. The molecule has 0 saturated carbocycles. The van der Waals surface area contributed by atoms with Crippen LogP contribution in [0.3, 0.4) is 0 Å². The van der Waals surface area contributed by atoms with Crippen LogP contribution >= 0.6 is 23.5 Å². The first-order chi connectivity index (χ1) is 17.7. The van der Waals surface area contributed by atoms with Gasteiger partial charge in [-0.1, -0.05) is 26.7 Å². The normalized spacial score (nSPS) is 10.9. The number of thioether (sulfide) groups is 2. The number of carbonyl (C=O) groups excluding carboxylic acids is 2. The van der Waals surface area contributed by atoms with Gasteiger partial charge in [-0.3, -0.25) is 14.4 Å². The lowest BCUT2D eigenvalue weighted by Gasteiger charge is -2.18. The van der Waals surface area contributed by atoms with E-state index in [1.165, 1.54) is 13.8 Å². The summed E-state index contributed by atoms with van der Waals surface area (Å²) in [5, 5.41) is 19.5. The van der Waals surface area contributed by atoms with Crippen LogP contribution in [-0.2, 0) is 17.6 Å². The highest BCUT2D eigenvalue weighted by molar-refractivity contribution is 8.00. The number of carboxylic acid groups (broad SMARTS) is 1. The molecule has 0 aliphatic rings. The first kappa shape index (κ1) is 30.8. The van der Waals surface area contributed by atoms with Crippen molar-refractivity contribution >= 4 is 41.1 Å². The number of Topliss-reactive ketones (excluding diaryl/α,β-unsaturated/α-hetero) is 2. The summed E-state index contributed by atoms with van der Waals surface area (Å²) >= 11 is 3.43. The Morgan fingerprint density at radius 1 is 0.811 bits per heavy atom. The molecule has 2 aromatic rings. The van der Waals surface area contributed by atoms with Gasteiger partial charge in [-0.05, 0) is 75.3 Å². The molecule has 37 heavy (non-hydrogen) atoms. The molecule has 0 heterocycles. The van der Waals surface area contributed by atoms with Crippen LogP contribution in [0, 0.1) is 0 Å². The van der Waals surface area contributed by atoms with E-state index in [1.54, 1.807) is 29.6 Å². The lowest BCUT2D eigenvalue weighted by atomic mass is 10.0.